The maximum atomic E-state index is 12.8. The lowest BCUT2D eigenvalue weighted by atomic mass is 9.98. The summed E-state index contributed by atoms with van der Waals surface area (Å²) in [6.45, 7) is 5.70. The minimum Gasteiger partial charge on any atom is -0.444 e. The third-order valence-electron chi connectivity index (χ3n) is 4.70. The maximum absolute atomic E-state index is 12.8. The molecule has 1 heterocycles. The van der Waals surface area contributed by atoms with Crippen molar-refractivity contribution in [3.63, 3.8) is 0 Å². The molecule has 0 aliphatic carbocycles. The number of hydrogen-bond donors (Lipinski definition) is 0. The number of rotatable bonds is 2. The van der Waals surface area contributed by atoms with E-state index in [0.717, 1.165) is 5.56 Å². The molecule has 3 nitrogen and oxygen atoms in total. The standard InChI is InChI=1S/C23H23NO2/c1-23(2,3)26-22(25)24-20(17-11-5-4-6-12-17)21(24)19-15-9-13-16-10-7-8-14-18(16)19/h4-15,20-21H,1-3H3/t20-,21-,24?/m1/s1. The number of carbonyl (C=O) groups is 1. The molecule has 0 saturated carbocycles. The summed E-state index contributed by atoms with van der Waals surface area (Å²) in [6, 6.07) is 24.8. The van der Waals surface area contributed by atoms with E-state index in [2.05, 4.69) is 42.5 Å². The van der Waals surface area contributed by atoms with Crippen molar-refractivity contribution in [2.75, 3.05) is 0 Å². The Hall–Kier alpha value is -2.81. The van der Waals surface area contributed by atoms with Gasteiger partial charge in [-0.25, -0.2) is 4.79 Å². The molecule has 4 rings (SSSR count). The fraction of sp³-hybridized carbons (Fsp3) is 0.261. The first-order chi connectivity index (χ1) is 12.5. The Labute approximate surface area is 154 Å². The summed E-state index contributed by atoms with van der Waals surface area (Å²) in [5.74, 6) is 0. The minimum absolute atomic E-state index is 0.00153. The number of benzene rings is 3. The third kappa shape index (κ3) is 3.05. The summed E-state index contributed by atoms with van der Waals surface area (Å²) in [4.78, 5) is 14.7. The predicted octanol–water partition coefficient (Wildman–Crippen LogP) is 5.87. The zero-order valence-electron chi connectivity index (χ0n) is 15.3. The molecule has 0 radical (unpaired) electrons. The van der Waals surface area contributed by atoms with Crippen LogP contribution in [0.5, 0.6) is 0 Å². The van der Waals surface area contributed by atoms with Crippen LogP contribution in [0.15, 0.2) is 72.8 Å². The normalized spacial score (nSPS) is 19.4. The first-order valence-electron chi connectivity index (χ1n) is 9.00. The number of fused-ring (bicyclic) bond motifs is 1. The van der Waals surface area contributed by atoms with Gasteiger partial charge in [0.2, 0.25) is 0 Å². The molecular weight excluding hydrogens is 322 g/mol. The second-order valence-electron chi connectivity index (χ2n) is 7.76. The molecule has 3 aromatic rings. The number of hydrogen-bond acceptors (Lipinski definition) is 2. The molecule has 3 aromatic carbocycles. The van der Waals surface area contributed by atoms with E-state index < -0.39 is 5.60 Å². The molecule has 0 N–H and O–H groups in total. The molecule has 0 aromatic heterocycles. The average Bonchev–Trinajstić information content (AvgIpc) is 3.36. The van der Waals surface area contributed by atoms with Crippen LogP contribution < -0.4 is 0 Å². The molecule has 3 heteroatoms. The van der Waals surface area contributed by atoms with Crippen molar-refractivity contribution in [3.8, 4) is 0 Å². The Kier molecular flexibility index (Phi) is 3.95. The highest BCUT2D eigenvalue weighted by molar-refractivity contribution is 5.88. The lowest BCUT2D eigenvalue weighted by molar-refractivity contribution is 0.0392. The Balaban J connectivity index is 1.76. The quantitative estimate of drug-likeness (QED) is 0.543. The van der Waals surface area contributed by atoms with E-state index in [1.54, 1.807) is 0 Å². The number of nitrogens with zero attached hydrogens (tertiary/aromatic N) is 1. The zero-order chi connectivity index (χ0) is 18.3. The van der Waals surface area contributed by atoms with Crippen LogP contribution in [0.25, 0.3) is 10.8 Å². The molecule has 1 aliphatic heterocycles. The topological polar surface area (TPSA) is 29.3 Å². The van der Waals surface area contributed by atoms with Crippen molar-refractivity contribution in [2.24, 2.45) is 0 Å². The van der Waals surface area contributed by atoms with Crippen molar-refractivity contribution in [2.45, 2.75) is 38.5 Å². The lowest BCUT2D eigenvalue weighted by Gasteiger charge is -2.20. The summed E-state index contributed by atoms with van der Waals surface area (Å²) < 4.78 is 5.66. The molecule has 1 fully saturated rings. The van der Waals surface area contributed by atoms with Crippen LogP contribution in [-0.4, -0.2) is 16.6 Å². The van der Waals surface area contributed by atoms with Crippen molar-refractivity contribution in [1.82, 2.24) is 4.90 Å². The van der Waals surface area contributed by atoms with Gasteiger partial charge in [0.1, 0.15) is 5.60 Å². The second-order valence-corrected chi connectivity index (χ2v) is 7.76. The highest BCUT2D eigenvalue weighted by Crippen LogP contribution is 2.56. The van der Waals surface area contributed by atoms with E-state index in [1.165, 1.54) is 16.3 Å². The Morgan fingerprint density at radius 3 is 2.23 bits per heavy atom. The number of amides is 1. The highest BCUT2D eigenvalue weighted by Gasteiger charge is 2.54. The van der Waals surface area contributed by atoms with Crippen LogP contribution in [0.4, 0.5) is 4.79 Å². The Bertz CT molecular complexity index is 938. The van der Waals surface area contributed by atoms with E-state index in [4.69, 9.17) is 4.74 Å². The van der Waals surface area contributed by atoms with E-state index in [1.807, 2.05) is 56.0 Å². The fourth-order valence-electron chi connectivity index (χ4n) is 3.59. The molecule has 0 unspecified atom stereocenters. The van der Waals surface area contributed by atoms with Crippen LogP contribution in [0.1, 0.15) is 44.0 Å². The molecule has 2 atom stereocenters. The van der Waals surface area contributed by atoms with Crippen LogP contribution >= 0.6 is 0 Å². The summed E-state index contributed by atoms with van der Waals surface area (Å²) in [6.07, 6.45) is -0.260. The van der Waals surface area contributed by atoms with E-state index in [9.17, 15) is 4.79 Å². The summed E-state index contributed by atoms with van der Waals surface area (Å²) in [7, 11) is 0. The molecule has 1 amide bonds. The van der Waals surface area contributed by atoms with Gasteiger partial charge in [0, 0.05) is 0 Å². The monoisotopic (exact) mass is 345 g/mol. The smallest absolute Gasteiger partial charge is 0.411 e. The summed E-state index contributed by atoms with van der Waals surface area (Å²) in [5, 5.41) is 2.37. The van der Waals surface area contributed by atoms with Crippen LogP contribution in [-0.2, 0) is 4.74 Å². The van der Waals surface area contributed by atoms with Gasteiger partial charge in [0.05, 0.1) is 12.1 Å². The second kappa shape index (κ2) is 6.17. The van der Waals surface area contributed by atoms with Gasteiger partial charge in [0.25, 0.3) is 0 Å². The van der Waals surface area contributed by atoms with E-state index >= 15 is 0 Å². The van der Waals surface area contributed by atoms with Gasteiger partial charge in [-0.3, -0.25) is 4.90 Å². The molecule has 26 heavy (non-hydrogen) atoms. The van der Waals surface area contributed by atoms with E-state index in [-0.39, 0.29) is 18.2 Å². The number of ether oxygens (including phenoxy) is 1. The molecular formula is C23H23NO2. The first-order valence-corrected chi connectivity index (χ1v) is 9.00. The van der Waals surface area contributed by atoms with Gasteiger partial charge >= 0.3 is 6.09 Å². The minimum atomic E-state index is -0.510. The summed E-state index contributed by atoms with van der Waals surface area (Å²) >= 11 is 0. The van der Waals surface area contributed by atoms with Crippen LogP contribution in [0, 0.1) is 0 Å². The van der Waals surface area contributed by atoms with Gasteiger partial charge in [-0.2, -0.15) is 0 Å². The van der Waals surface area contributed by atoms with Gasteiger partial charge in [-0.15, -0.1) is 0 Å². The van der Waals surface area contributed by atoms with Gasteiger partial charge in [-0.1, -0.05) is 72.8 Å². The largest absolute Gasteiger partial charge is 0.444 e. The molecule has 1 saturated heterocycles. The van der Waals surface area contributed by atoms with Crippen molar-refractivity contribution in [1.29, 1.82) is 0 Å². The Morgan fingerprint density at radius 1 is 0.846 bits per heavy atom. The first kappa shape index (κ1) is 16.6. The third-order valence-corrected chi connectivity index (χ3v) is 4.70. The predicted molar refractivity (Wildman–Crippen MR) is 104 cm³/mol. The molecule has 0 spiro atoms. The van der Waals surface area contributed by atoms with Crippen LogP contribution in [0.2, 0.25) is 0 Å². The van der Waals surface area contributed by atoms with E-state index in [0.29, 0.717) is 0 Å². The molecule has 1 aliphatic rings. The van der Waals surface area contributed by atoms with Gasteiger partial charge < -0.3 is 4.74 Å². The van der Waals surface area contributed by atoms with Crippen molar-refractivity contribution >= 4 is 16.9 Å². The van der Waals surface area contributed by atoms with Crippen molar-refractivity contribution in [3.05, 3.63) is 83.9 Å². The fourth-order valence-corrected chi connectivity index (χ4v) is 3.59. The van der Waals surface area contributed by atoms with Crippen molar-refractivity contribution < 1.29 is 9.53 Å². The maximum Gasteiger partial charge on any atom is 0.411 e. The molecule has 0 bridgehead atoms. The average molecular weight is 345 g/mol. The SMILES string of the molecule is CC(C)(C)OC(=O)N1[C@H](c2ccccc2)[C@H]1c1cccc2ccccc12. The molecule has 132 valence electrons. The van der Waals surface area contributed by atoms with Crippen LogP contribution in [0.3, 0.4) is 0 Å². The zero-order valence-corrected chi connectivity index (χ0v) is 15.3. The van der Waals surface area contributed by atoms with Gasteiger partial charge in [-0.05, 0) is 42.7 Å². The Morgan fingerprint density at radius 2 is 1.50 bits per heavy atom. The summed E-state index contributed by atoms with van der Waals surface area (Å²) in [5.41, 5.74) is 1.80. The highest BCUT2D eigenvalue weighted by atomic mass is 16.6. The number of carbonyl (C=O) groups excluding carboxylic acids is 1. The van der Waals surface area contributed by atoms with Gasteiger partial charge in [0.15, 0.2) is 0 Å². The lowest BCUT2D eigenvalue weighted by Crippen LogP contribution is -2.27.